The summed E-state index contributed by atoms with van der Waals surface area (Å²) in [5.74, 6) is 1.80. The highest BCUT2D eigenvalue weighted by molar-refractivity contribution is 5.12. The Morgan fingerprint density at radius 3 is 2.67 bits per heavy atom. The Bertz CT molecular complexity index is 431. The Balaban J connectivity index is 1.40. The molecule has 0 aromatic carbocycles. The van der Waals surface area contributed by atoms with Crippen LogP contribution in [0.5, 0.6) is 0 Å². The molecule has 1 aliphatic carbocycles. The molecule has 0 spiro atoms. The van der Waals surface area contributed by atoms with Crippen molar-refractivity contribution in [2.45, 2.75) is 45.8 Å². The maximum absolute atomic E-state index is 5.72. The Morgan fingerprint density at radius 2 is 2.00 bits per heavy atom. The molecule has 2 fully saturated rings. The molecule has 3 rings (SSSR count). The van der Waals surface area contributed by atoms with Crippen LogP contribution in [0.15, 0.2) is 16.7 Å². The molecule has 0 unspecified atom stereocenters. The number of hydrogen-bond acceptors (Lipinski definition) is 4. The Morgan fingerprint density at radius 1 is 1.24 bits per heavy atom. The SMILES string of the molecule is CC(C)CNCc1coc(CN2CCN(C3CC3)CC2)c1. The summed E-state index contributed by atoms with van der Waals surface area (Å²) in [6.45, 7) is 12.2. The van der Waals surface area contributed by atoms with Gasteiger partial charge in [0.25, 0.3) is 0 Å². The fourth-order valence-corrected chi connectivity index (χ4v) is 3.05. The van der Waals surface area contributed by atoms with Crippen LogP contribution in [-0.4, -0.2) is 48.6 Å². The first-order valence-corrected chi connectivity index (χ1v) is 8.44. The van der Waals surface area contributed by atoms with Crippen LogP contribution in [-0.2, 0) is 13.1 Å². The summed E-state index contributed by atoms with van der Waals surface area (Å²) >= 11 is 0. The van der Waals surface area contributed by atoms with Crippen molar-refractivity contribution in [3.05, 3.63) is 23.7 Å². The lowest BCUT2D eigenvalue weighted by atomic mass is 10.2. The second kappa shape index (κ2) is 6.95. The van der Waals surface area contributed by atoms with Gasteiger partial charge in [0.2, 0.25) is 0 Å². The molecule has 1 aliphatic heterocycles. The van der Waals surface area contributed by atoms with E-state index in [1.165, 1.54) is 44.6 Å². The van der Waals surface area contributed by atoms with Gasteiger partial charge in [-0.2, -0.15) is 0 Å². The molecule has 0 bridgehead atoms. The quantitative estimate of drug-likeness (QED) is 0.835. The van der Waals surface area contributed by atoms with Crippen molar-refractivity contribution in [2.75, 3.05) is 32.7 Å². The van der Waals surface area contributed by atoms with Crippen molar-refractivity contribution >= 4 is 0 Å². The van der Waals surface area contributed by atoms with Crippen LogP contribution in [0.3, 0.4) is 0 Å². The topological polar surface area (TPSA) is 31.7 Å². The van der Waals surface area contributed by atoms with E-state index < -0.39 is 0 Å². The van der Waals surface area contributed by atoms with Gasteiger partial charge >= 0.3 is 0 Å². The van der Waals surface area contributed by atoms with Gasteiger partial charge in [-0.3, -0.25) is 9.80 Å². The van der Waals surface area contributed by atoms with Crippen LogP contribution in [0, 0.1) is 5.92 Å². The predicted molar refractivity (Wildman–Crippen MR) is 85.1 cm³/mol. The molecule has 21 heavy (non-hydrogen) atoms. The van der Waals surface area contributed by atoms with Gasteiger partial charge in [0, 0.05) is 44.3 Å². The Hall–Kier alpha value is -0.840. The molecule has 2 aliphatic rings. The number of nitrogens with zero attached hydrogens (tertiary/aromatic N) is 2. The van der Waals surface area contributed by atoms with Gasteiger partial charge in [0.05, 0.1) is 12.8 Å². The summed E-state index contributed by atoms with van der Waals surface area (Å²) in [6, 6.07) is 3.12. The lowest BCUT2D eigenvalue weighted by Crippen LogP contribution is -2.46. The van der Waals surface area contributed by atoms with Crippen molar-refractivity contribution in [3.63, 3.8) is 0 Å². The number of furan rings is 1. The van der Waals surface area contributed by atoms with E-state index in [2.05, 4.69) is 35.0 Å². The van der Waals surface area contributed by atoms with E-state index in [4.69, 9.17) is 4.42 Å². The van der Waals surface area contributed by atoms with Crippen LogP contribution < -0.4 is 5.32 Å². The lowest BCUT2D eigenvalue weighted by molar-refractivity contribution is 0.115. The number of piperazine rings is 1. The highest BCUT2D eigenvalue weighted by atomic mass is 16.3. The molecule has 1 aromatic rings. The summed E-state index contributed by atoms with van der Waals surface area (Å²) in [5, 5.41) is 3.46. The van der Waals surface area contributed by atoms with Gasteiger partial charge < -0.3 is 9.73 Å². The molecule has 4 nitrogen and oxygen atoms in total. The van der Waals surface area contributed by atoms with E-state index in [0.29, 0.717) is 5.92 Å². The third-order valence-corrected chi connectivity index (χ3v) is 4.44. The first-order valence-electron chi connectivity index (χ1n) is 8.44. The van der Waals surface area contributed by atoms with E-state index >= 15 is 0 Å². The van der Waals surface area contributed by atoms with E-state index in [-0.39, 0.29) is 0 Å². The van der Waals surface area contributed by atoms with E-state index in [0.717, 1.165) is 31.4 Å². The minimum Gasteiger partial charge on any atom is -0.468 e. The molecule has 1 saturated carbocycles. The number of nitrogens with one attached hydrogen (secondary N) is 1. The average molecular weight is 291 g/mol. The molecule has 4 heteroatoms. The maximum Gasteiger partial charge on any atom is 0.118 e. The monoisotopic (exact) mass is 291 g/mol. The van der Waals surface area contributed by atoms with Crippen molar-refractivity contribution in [1.29, 1.82) is 0 Å². The van der Waals surface area contributed by atoms with Crippen LogP contribution in [0.2, 0.25) is 0 Å². The van der Waals surface area contributed by atoms with Crippen molar-refractivity contribution < 1.29 is 4.42 Å². The van der Waals surface area contributed by atoms with Crippen molar-refractivity contribution in [3.8, 4) is 0 Å². The van der Waals surface area contributed by atoms with Crippen LogP contribution in [0.25, 0.3) is 0 Å². The summed E-state index contributed by atoms with van der Waals surface area (Å²) in [7, 11) is 0. The summed E-state index contributed by atoms with van der Waals surface area (Å²) in [4.78, 5) is 5.17. The molecule has 2 heterocycles. The molecular formula is C17H29N3O. The zero-order valence-electron chi connectivity index (χ0n) is 13.5. The Kier molecular flexibility index (Phi) is 4.99. The van der Waals surface area contributed by atoms with E-state index in [1.807, 2.05) is 6.26 Å². The van der Waals surface area contributed by atoms with Gasteiger partial charge in [-0.05, 0) is 31.4 Å². The molecule has 1 aromatic heterocycles. The molecule has 1 N–H and O–H groups in total. The smallest absolute Gasteiger partial charge is 0.118 e. The van der Waals surface area contributed by atoms with E-state index in [9.17, 15) is 0 Å². The molecule has 0 atom stereocenters. The average Bonchev–Trinajstić information content (AvgIpc) is 3.22. The van der Waals surface area contributed by atoms with Gasteiger partial charge in [-0.15, -0.1) is 0 Å². The van der Waals surface area contributed by atoms with Crippen LogP contribution in [0.4, 0.5) is 0 Å². The van der Waals surface area contributed by atoms with Crippen molar-refractivity contribution in [1.82, 2.24) is 15.1 Å². The highest BCUT2D eigenvalue weighted by Gasteiger charge is 2.31. The minimum absolute atomic E-state index is 0.694. The normalized spacial score (nSPS) is 21.3. The van der Waals surface area contributed by atoms with Gasteiger partial charge in [-0.25, -0.2) is 0 Å². The molecule has 1 saturated heterocycles. The lowest BCUT2D eigenvalue weighted by Gasteiger charge is -2.34. The second-order valence-corrected chi connectivity index (χ2v) is 6.99. The second-order valence-electron chi connectivity index (χ2n) is 6.99. The largest absolute Gasteiger partial charge is 0.468 e. The van der Waals surface area contributed by atoms with Gasteiger partial charge in [0.15, 0.2) is 0 Å². The molecule has 0 amide bonds. The minimum atomic E-state index is 0.694. The third kappa shape index (κ3) is 4.56. The predicted octanol–water partition coefficient (Wildman–Crippen LogP) is 2.31. The fourth-order valence-electron chi connectivity index (χ4n) is 3.05. The highest BCUT2D eigenvalue weighted by Crippen LogP contribution is 2.27. The summed E-state index contributed by atoms with van der Waals surface area (Å²) in [6.07, 6.45) is 4.75. The first kappa shape index (κ1) is 15.1. The fraction of sp³-hybridized carbons (Fsp3) is 0.765. The standard InChI is InChI=1S/C17H29N3O/c1-14(2)10-18-11-15-9-17(21-13-15)12-19-5-7-20(8-6-19)16-3-4-16/h9,13-14,16,18H,3-8,10-12H2,1-2H3. The summed E-state index contributed by atoms with van der Waals surface area (Å²) in [5.41, 5.74) is 1.27. The zero-order chi connectivity index (χ0) is 14.7. The van der Waals surface area contributed by atoms with Crippen molar-refractivity contribution in [2.24, 2.45) is 5.92 Å². The van der Waals surface area contributed by atoms with Gasteiger partial charge in [0.1, 0.15) is 5.76 Å². The maximum atomic E-state index is 5.72. The summed E-state index contributed by atoms with van der Waals surface area (Å²) < 4.78 is 5.72. The zero-order valence-corrected chi connectivity index (χ0v) is 13.5. The number of rotatable bonds is 7. The van der Waals surface area contributed by atoms with Crippen LogP contribution >= 0.6 is 0 Å². The first-order chi connectivity index (χ1) is 10.2. The number of hydrogen-bond donors (Lipinski definition) is 1. The molecular weight excluding hydrogens is 262 g/mol. The molecule has 0 radical (unpaired) electrons. The Labute approximate surface area is 128 Å². The van der Waals surface area contributed by atoms with Crippen LogP contribution in [0.1, 0.15) is 38.0 Å². The van der Waals surface area contributed by atoms with Gasteiger partial charge in [-0.1, -0.05) is 13.8 Å². The third-order valence-electron chi connectivity index (χ3n) is 4.44. The van der Waals surface area contributed by atoms with E-state index in [1.54, 1.807) is 0 Å². The molecule has 118 valence electrons.